The fraction of sp³-hybridized carbons (Fsp3) is 0.941. The average molecular weight is 280 g/mol. The van der Waals surface area contributed by atoms with Crippen molar-refractivity contribution >= 4 is 5.91 Å². The summed E-state index contributed by atoms with van der Waals surface area (Å²) < 4.78 is 0. The van der Waals surface area contributed by atoms with Crippen LogP contribution in [-0.4, -0.2) is 48.9 Å². The van der Waals surface area contributed by atoms with E-state index in [9.17, 15) is 4.79 Å². The molecule has 0 bridgehead atoms. The van der Waals surface area contributed by atoms with Gasteiger partial charge in [0.1, 0.15) is 0 Å². The Hall–Kier alpha value is -0.570. The third-order valence-electron chi connectivity index (χ3n) is 5.34. The SMILES string of the molecule is CC[C@@H]1CCC[C@H](CN(C)C[C@@H]2CCN(C(C)=O)C2)C1. The van der Waals surface area contributed by atoms with Gasteiger partial charge in [-0.2, -0.15) is 0 Å². The highest BCUT2D eigenvalue weighted by atomic mass is 16.2. The Balaban J connectivity index is 1.70. The van der Waals surface area contributed by atoms with Crippen LogP contribution in [0.25, 0.3) is 0 Å². The van der Waals surface area contributed by atoms with Gasteiger partial charge in [-0.05, 0) is 44.1 Å². The Labute approximate surface area is 124 Å². The van der Waals surface area contributed by atoms with Crippen molar-refractivity contribution < 1.29 is 4.79 Å². The molecule has 1 saturated heterocycles. The number of likely N-dealkylation sites (tertiary alicyclic amines) is 1. The zero-order valence-electron chi connectivity index (χ0n) is 13.6. The molecule has 1 saturated carbocycles. The summed E-state index contributed by atoms with van der Waals surface area (Å²) in [5, 5.41) is 0. The third-order valence-corrected chi connectivity index (χ3v) is 5.34. The van der Waals surface area contributed by atoms with E-state index in [4.69, 9.17) is 0 Å². The molecule has 0 aromatic heterocycles. The van der Waals surface area contributed by atoms with Gasteiger partial charge < -0.3 is 9.80 Å². The lowest BCUT2D eigenvalue weighted by Crippen LogP contribution is -2.34. The summed E-state index contributed by atoms with van der Waals surface area (Å²) in [4.78, 5) is 15.9. The number of amides is 1. The van der Waals surface area contributed by atoms with Crippen LogP contribution in [0.2, 0.25) is 0 Å². The van der Waals surface area contributed by atoms with Crippen molar-refractivity contribution in [1.29, 1.82) is 0 Å². The molecule has 3 atom stereocenters. The summed E-state index contributed by atoms with van der Waals surface area (Å²) in [5.74, 6) is 2.81. The van der Waals surface area contributed by atoms with E-state index in [2.05, 4.69) is 18.9 Å². The molecule has 20 heavy (non-hydrogen) atoms. The number of hydrogen-bond acceptors (Lipinski definition) is 2. The van der Waals surface area contributed by atoms with Gasteiger partial charge in [0.2, 0.25) is 5.91 Å². The molecule has 1 aliphatic carbocycles. The topological polar surface area (TPSA) is 23.6 Å². The van der Waals surface area contributed by atoms with Crippen LogP contribution in [0.5, 0.6) is 0 Å². The number of carbonyl (C=O) groups is 1. The molecule has 0 aromatic carbocycles. The first-order valence-corrected chi connectivity index (χ1v) is 8.52. The Bertz CT molecular complexity index is 318. The van der Waals surface area contributed by atoms with E-state index >= 15 is 0 Å². The van der Waals surface area contributed by atoms with Gasteiger partial charge in [0, 0.05) is 33.1 Å². The first-order chi connectivity index (χ1) is 9.58. The number of nitrogens with zero attached hydrogens (tertiary/aromatic N) is 2. The molecule has 1 heterocycles. The first kappa shape index (κ1) is 15.8. The highest BCUT2D eigenvalue weighted by molar-refractivity contribution is 5.73. The van der Waals surface area contributed by atoms with Crippen LogP contribution in [0.4, 0.5) is 0 Å². The fourth-order valence-corrected chi connectivity index (χ4v) is 4.16. The normalized spacial score (nSPS) is 31.0. The van der Waals surface area contributed by atoms with Crippen molar-refractivity contribution in [3.63, 3.8) is 0 Å². The maximum atomic E-state index is 11.4. The van der Waals surface area contributed by atoms with E-state index in [-0.39, 0.29) is 5.91 Å². The van der Waals surface area contributed by atoms with E-state index in [1.165, 1.54) is 45.1 Å². The van der Waals surface area contributed by atoms with E-state index in [1.54, 1.807) is 6.92 Å². The second-order valence-electron chi connectivity index (χ2n) is 7.15. The molecule has 1 amide bonds. The second-order valence-corrected chi connectivity index (χ2v) is 7.15. The third kappa shape index (κ3) is 4.47. The fourth-order valence-electron chi connectivity index (χ4n) is 4.16. The standard InChI is InChI=1S/C17H32N2O/c1-4-15-6-5-7-16(10-15)11-18(3)12-17-8-9-19(13-17)14(2)20/h15-17H,4-13H2,1-3H3/t15-,16+,17+/m1/s1. The molecule has 1 aliphatic heterocycles. The molecule has 0 unspecified atom stereocenters. The Kier molecular flexibility index (Phi) is 5.88. The van der Waals surface area contributed by atoms with Crippen LogP contribution in [-0.2, 0) is 4.79 Å². The maximum Gasteiger partial charge on any atom is 0.219 e. The summed E-state index contributed by atoms with van der Waals surface area (Å²) in [6, 6.07) is 0. The van der Waals surface area contributed by atoms with Crippen molar-refractivity contribution in [3.8, 4) is 0 Å². The zero-order valence-corrected chi connectivity index (χ0v) is 13.6. The van der Waals surface area contributed by atoms with E-state index in [0.717, 1.165) is 31.5 Å². The summed E-state index contributed by atoms with van der Waals surface area (Å²) in [7, 11) is 2.27. The minimum atomic E-state index is 0.244. The molecule has 2 aliphatic rings. The molecule has 116 valence electrons. The predicted octanol–water partition coefficient (Wildman–Crippen LogP) is 3.00. The van der Waals surface area contributed by atoms with Crippen molar-refractivity contribution in [2.24, 2.45) is 17.8 Å². The van der Waals surface area contributed by atoms with Crippen LogP contribution in [0.3, 0.4) is 0 Å². The minimum Gasteiger partial charge on any atom is -0.343 e. The monoisotopic (exact) mass is 280 g/mol. The van der Waals surface area contributed by atoms with Gasteiger partial charge in [-0.15, -0.1) is 0 Å². The lowest BCUT2D eigenvalue weighted by molar-refractivity contribution is -0.127. The van der Waals surface area contributed by atoms with Gasteiger partial charge in [-0.1, -0.05) is 26.2 Å². The van der Waals surface area contributed by atoms with Gasteiger partial charge in [-0.25, -0.2) is 0 Å². The average Bonchev–Trinajstić information content (AvgIpc) is 2.87. The first-order valence-electron chi connectivity index (χ1n) is 8.52. The largest absolute Gasteiger partial charge is 0.343 e. The van der Waals surface area contributed by atoms with Gasteiger partial charge in [-0.3, -0.25) is 4.79 Å². The van der Waals surface area contributed by atoms with E-state index in [0.29, 0.717) is 5.92 Å². The molecule has 0 aromatic rings. The van der Waals surface area contributed by atoms with Crippen LogP contribution >= 0.6 is 0 Å². The highest BCUT2D eigenvalue weighted by Crippen LogP contribution is 2.31. The second kappa shape index (κ2) is 7.44. The van der Waals surface area contributed by atoms with E-state index in [1.807, 2.05) is 4.90 Å². The quantitative estimate of drug-likeness (QED) is 0.773. The molecule has 0 radical (unpaired) electrons. The van der Waals surface area contributed by atoms with Crippen LogP contribution in [0, 0.1) is 17.8 Å². The number of hydrogen-bond donors (Lipinski definition) is 0. The summed E-state index contributed by atoms with van der Waals surface area (Å²) in [6.07, 6.45) is 8.28. The van der Waals surface area contributed by atoms with E-state index < -0.39 is 0 Å². The van der Waals surface area contributed by atoms with Gasteiger partial charge in [0.15, 0.2) is 0 Å². The number of carbonyl (C=O) groups excluding carboxylic acids is 1. The minimum absolute atomic E-state index is 0.244. The Morgan fingerprint density at radius 1 is 1.15 bits per heavy atom. The molecule has 3 heteroatoms. The molecular formula is C17H32N2O. The van der Waals surface area contributed by atoms with Crippen LogP contribution < -0.4 is 0 Å². The van der Waals surface area contributed by atoms with Crippen molar-refractivity contribution in [2.75, 3.05) is 33.2 Å². The lowest BCUT2D eigenvalue weighted by Gasteiger charge is -2.32. The smallest absolute Gasteiger partial charge is 0.219 e. The molecule has 3 nitrogen and oxygen atoms in total. The predicted molar refractivity (Wildman–Crippen MR) is 83.6 cm³/mol. The molecule has 0 spiro atoms. The van der Waals surface area contributed by atoms with Crippen molar-refractivity contribution in [3.05, 3.63) is 0 Å². The zero-order chi connectivity index (χ0) is 14.5. The lowest BCUT2D eigenvalue weighted by atomic mass is 9.80. The Morgan fingerprint density at radius 3 is 2.50 bits per heavy atom. The van der Waals surface area contributed by atoms with Crippen LogP contribution in [0.1, 0.15) is 52.4 Å². The summed E-state index contributed by atoms with van der Waals surface area (Å²) in [5.41, 5.74) is 0. The van der Waals surface area contributed by atoms with Gasteiger partial charge in [0.25, 0.3) is 0 Å². The van der Waals surface area contributed by atoms with Gasteiger partial charge in [0.05, 0.1) is 0 Å². The summed E-state index contributed by atoms with van der Waals surface area (Å²) in [6.45, 7) is 8.39. The molecule has 0 N–H and O–H groups in total. The maximum absolute atomic E-state index is 11.4. The molecular weight excluding hydrogens is 248 g/mol. The highest BCUT2D eigenvalue weighted by Gasteiger charge is 2.26. The number of rotatable bonds is 5. The molecule has 2 fully saturated rings. The summed E-state index contributed by atoms with van der Waals surface area (Å²) >= 11 is 0. The van der Waals surface area contributed by atoms with Crippen molar-refractivity contribution in [1.82, 2.24) is 9.80 Å². The molecule has 2 rings (SSSR count). The van der Waals surface area contributed by atoms with Gasteiger partial charge >= 0.3 is 0 Å². The van der Waals surface area contributed by atoms with Crippen molar-refractivity contribution in [2.45, 2.75) is 52.4 Å². The Morgan fingerprint density at radius 2 is 1.85 bits per heavy atom. The van der Waals surface area contributed by atoms with Crippen LogP contribution in [0.15, 0.2) is 0 Å².